The van der Waals surface area contributed by atoms with Crippen molar-refractivity contribution in [3.05, 3.63) is 0 Å². The number of carbonyl (C=O) groups is 3. The second-order valence-electron chi connectivity index (χ2n) is 19.2. The van der Waals surface area contributed by atoms with Gasteiger partial charge in [0.05, 0.1) is 0 Å². The summed E-state index contributed by atoms with van der Waals surface area (Å²) in [5.74, 6) is 0.841. The van der Waals surface area contributed by atoms with E-state index in [1.165, 1.54) is 186 Å². The quantitative estimate of drug-likeness (QED) is 0.0345. The van der Waals surface area contributed by atoms with Crippen LogP contribution in [0, 0.1) is 11.8 Å². The summed E-state index contributed by atoms with van der Waals surface area (Å²) in [6.07, 6.45) is 47.9. The van der Waals surface area contributed by atoms with E-state index >= 15 is 0 Å². The molecule has 0 aliphatic carbocycles. The maximum atomic E-state index is 12.8. The van der Waals surface area contributed by atoms with Gasteiger partial charge in [0.2, 0.25) is 0 Å². The molecular formula is C54H104O6. The monoisotopic (exact) mass is 849 g/mol. The second kappa shape index (κ2) is 46.9. The molecular weight excluding hydrogens is 745 g/mol. The number of hydrogen-bond acceptors (Lipinski definition) is 6. The molecule has 0 amide bonds. The molecule has 0 saturated carbocycles. The fraction of sp³-hybridized carbons (Fsp3) is 0.944. The van der Waals surface area contributed by atoms with Crippen LogP contribution in [-0.4, -0.2) is 37.2 Å². The lowest BCUT2D eigenvalue weighted by Gasteiger charge is -2.18. The third-order valence-corrected chi connectivity index (χ3v) is 12.6. The van der Waals surface area contributed by atoms with Crippen LogP contribution in [0.25, 0.3) is 0 Å². The van der Waals surface area contributed by atoms with Gasteiger partial charge in [-0.1, -0.05) is 259 Å². The minimum atomic E-state index is -0.762. The van der Waals surface area contributed by atoms with Gasteiger partial charge in [-0.25, -0.2) is 0 Å². The topological polar surface area (TPSA) is 78.9 Å². The van der Waals surface area contributed by atoms with E-state index in [9.17, 15) is 14.4 Å². The molecule has 2 atom stereocenters. The summed E-state index contributed by atoms with van der Waals surface area (Å²) < 4.78 is 16.8. The van der Waals surface area contributed by atoms with Crippen molar-refractivity contribution in [2.75, 3.05) is 13.2 Å². The Morgan fingerprint density at radius 2 is 0.633 bits per heavy atom. The highest BCUT2D eigenvalue weighted by Crippen LogP contribution is 2.18. The average molecular weight is 849 g/mol. The van der Waals surface area contributed by atoms with Gasteiger partial charge in [-0.05, 0) is 31.1 Å². The van der Waals surface area contributed by atoms with E-state index in [-0.39, 0.29) is 31.1 Å². The molecule has 60 heavy (non-hydrogen) atoms. The maximum absolute atomic E-state index is 12.8. The van der Waals surface area contributed by atoms with Crippen molar-refractivity contribution in [3.8, 4) is 0 Å². The molecule has 1 unspecified atom stereocenters. The molecule has 6 nitrogen and oxygen atoms in total. The molecule has 0 heterocycles. The summed E-state index contributed by atoms with van der Waals surface area (Å²) in [6.45, 7) is 11.4. The number of esters is 3. The molecule has 0 saturated heterocycles. The predicted octanol–water partition coefficient (Wildman–Crippen LogP) is 17.3. The van der Waals surface area contributed by atoms with Crippen molar-refractivity contribution in [1.29, 1.82) is 0 Å². The number of ether oxygens (including phenoxy) is 3. The van der Waals surface area contributed by atoms with E-state index in [0.717, 1.165) is 69.6 Å². The van der Waals surface area contributed by atoms with Gasteiger partial charge in [-0.3, -0.25) is 14.4 Å². The second-order valence-corrected chi connectivity index (χ2v) is 19.2. The first-order valence-electron chi connectivity index (χ1n) is 26.8. The van der Waals surface area contributed by atoms with Crippen LogP contribution < -0.4 is 0 Å². The first-order valence-corrected chi connectivity index (χ1v) is 26.8. The van der Waals surface area contributed by atoms with Gasteiger partial charge < -0.3 is 14.2 Å². The van der Waals surface area contributed by atoms with Crippen LogP contribution in [0.3, 0.4) is 0 Å². The van der Waals surface area contributed by atoms with E-state index in [1.807, 2.05) is 0 Å². The molecule has 356 valence electrons. The van der Waals surface area contributed by atoms with Crippen molar-refractivity contribution in [2.45, 2.75) is 304 Å². The van der Waals surface area contributed by atoms with Gasteiger partial charge in [-0.15, -0.1) is 0 Å². The Labute approximate surface area is 374 Å². The lowest BCUT2D eigenvalue weighted by atomic mass is 9.99. The van der Waals surface area contributed by atoms with Crippen molar-refractivity contribution < 1.29 is 28.6 Å². The van der Waals surface area contributed by atoms with Crippen LogP contribution in [0.15, 0.2) is 0 Å². The molecule has 0 bridgehead atoms. The summed E-state index contributed by atoms with van der Waals surface area (Å²) in [5.41, 5.74) is 0. The number of unbranched alkanes of at least 4 members (excludes halogenated alkanes) is 32. The van der Waals surface area contributed by atoms with Crippen molar-refractivity contribution in [1.82, 2.24) is 0 Å². The summed E-state index contributed by atoms with van der Waals surface area (Å²) in [5, 5.41) is 0. The Balaban J connectivity index is 4.31. The summed E-state index contributed by atoms with van der Waals surface area (Å²) in [6, 6.07) is 0. The standard InChI is InChI=1S/C54H104O6/c1-6-8-9-10-11-12-13-14-17-21-24-31-36-41-46-54(57)60-51(48-59-53(56)45-40-35-30-26-25-28-33-38-43-50(5)7-2)47-58-52(55)44-39-34-29-23-20-18-15-16-19-22-27-32-37-42-49(3)4/h49-51H,6-48H2,1-5H3/t50?,51-/m0/s1. The first-order chi connectivity index (χ1) is 29.3. The van der Waals surface area contributed by atoms with Crippen LogP contribution in [0.1, 0.15) is 298 Å². The van der Waals surface area contributed by atoms with E-state index < -0.39 is 6.10 Å². The van der Waals surface area contributed by atoms with Crippen molar-refractivity contribution >= 4 is 17.9 Å². The lowest BCUT2D eigenvalue weighted by Crippen LogP contribution is -2.30. The van der Waals surface area contributed by atoms with E-state index in [2.05, 4.69) is 34.6 Å². The van der Waals surface area contributed by atoms with Crippen LogP contribution in [0.5, 0.6) is 0 Å². The van der Waals surface area contributed by atoms with Crippen LogP contribution in [-0.2, 0) is 28.6 Å². The largest absolute Gasteiger partial charge is 0.462 e. The Bertz CT molecular complexity index is 918. The van der Waals surface area contributed by atoms with Gasteiger partial charge >= 0.3 is 17.9 Å². The van der Waals surface area contributed by atoms with Gasteiger partial charge in [0.1, 0.15) is 13.2 Å². The van der Waals surface area contributed by atoms with Gasteiger partial charge in [0.15, 0.2) is 6.10 Å². The first kappa shape index (κ1) is 58.4. The highest BCUT2D eigenvalue weighted by Gasteiger charge is 2.19. The van der Waals surface area contributed by atoms with Crippen LogP contribution in [0.2, 0.25) is 0 Å². The third kappa shape index (κ3) is 45.9. The smallest absolute Gasteiger partial charge is 0.306 e. The zero-order valence-corrected chi connectivity index (χ0v) is 41.1. The zero-order chi connectivity index (χ0) is 44.0. The minimum absolute atomic E-state index is 0.0636. The molecule has 0 radical (unpaired) electrons. The molecule has 0 fully saturated rings. The van der Waals surface area contributed by atoms with E-state index in [1.54, 1.807) is 0 Å². The van der Waals surface area contributed by atoms with Crippen LogP contribution >= 0.6 is 0 Å². The van der Waals surface area contributed by atoms with Crippen molar-refractivity contribution in [3.63, 3.8) is 0 Å². The van der Waals surface area contributed by atoms with Crippen molar-refractivity contribution in [2.24, 2.45) is 11.8 Å². The minimum Gasteiger partial charge on any atom is -0.462 e. The molecule has 0 spiro atoms. The highest BCUT2D eigenvalue weighted by atomic mass is 16.6. The average Bonchev–Trinajstić information content (AvgIpc) is 3.23. The summed E-state index contributed by atoms with van der Waals surface area (Å²) in [4.78, 5) is 38.0. The Kier molecular flexibility index (Phi) is 45.7. The van der Waals surface area contributed by atoms with Gasteiger partial charge in [0, 0.05) is 19.3 Å². The van der Waals surface area contributed by atoms with Crippen LogP contribution in [0.4, 0.5) is 0 Å². The molecule has 0 rings (SSSR count). The Morgan fingerprint density at radius 1 is 0.350 bits per heavy atom. The maximum Gasteiger partial charge on any atom is 0.306 e. The molecule has 0 aliphatic rings. The molecule has 0 aromatic heterocycles. The highest BCUT2D eigenvalue weighted by molar-refractivity contribution is 5.71. The normalized spacial score (nSPS) is 12.5. The molecule has 0 aromatic carbocycles. The predicted molar refractivity (Wildman–Crippen MR) is 256 cm³/mol. The summed E-state index contributed by atoms with van der Waals surface area (Å²) >= 11 is 0. The molecule has 0 aromatic rings. The number of carbonyl (C=O) groups excluding carboxylic acids is 3. The van der Waals surface area contributed by atoms with Gasteiger partial charge in [-0.2, -0.15) is 0 Å². The SMILES string of the molecule is CCCCCCCCCCCCCCCCC(=O)O[C@@H](COC(=O)CCCCCCCCCCCCCCCC(C)C)COC(=O)CCCCCCCCCCC(C)CC. The molecule has 6 heteroatoms. The Hall–Kier alpha value is -1.59. The fourth-order valence-corrected chi connectivity index (χ4v) is 8.13. The summed E-state index contributed by atoms with van der Waals surface area (Å²) in [7, 11) is 0. The molecule has 0 N–H and O–H groups in total. The molecule has 0 aliphatic heterocycles. The zero-order valence-electron chi connectivity index (χ0n) is 41.1. The van der Waals surface area contributed by atoms with E-state index in [4.69, 9.17) is 14.2 Å². The number of hydrogen-bond donors (Lipinski definition) is 0. The lowest BCUT2D eigenvalue weighted by molar-refractivity contribution is -0.167. The fourth-order valence-electron chi connectivity index (χ4n) is 8.13. The third-order valence-electron chi connectivity index (χ3n) is 12.6. The number of rotatable bonds is 48. The Morgan fingerprint density at radius 3 is 0.950 bits per heavy atom. The van der Waals surface area contributed by atoms with E-state index in [0.29, 0.717) is 19.3 Å². The van der Waals surface area contributed by atoms with Gasteiger partial charge in [0.25, 0.3) is 0 Å².